The summed E-state index contributed by atoms with van der Waals surface area (Å²) in [4.78, 5) is 1.51. The van der Waals surface area contributed by atoms with E-state index in [2.05, 4.69) is 11.4 Å². The monoisotopic (exact) mass is 275 g/mol. The fourth-order valence-corrected chi connectivity index (χ4v) is 4.00. The van der Waals surface area contributed by atoms with Gasteiger partial charge in [0.2, 0.25) is 0 Å². The Balaban J connectivity index is 1.75. The summed E-state index contributed by atoms with van der Waals surface area (Å²) in [6.45, 7) is 0. The van der Waals surface area contributed by atoms with Gasteiger partial charge in [-0.05, 0) is 60.4 Å². The van der Waals surface area contributed by atoms with E-state index in [1.807, 2.05) is 23.5 Å². The number of thiophene rings is 1. The van der Waals surface area contributed by atoms with Gasteiger partial charge in [-0.2, -0.15) is 0 Å². The second-order valence-corrected chi connectivity index (χ2v) is 6.29. The highest BCUT2D eigenvalue weighted by atomic mass is 32.1. The lowest BCUT2D eigenvalue weighted by Crippen LogP contribution is -2.32. The van der Waals surface area contributed by atoms with Crippen molar-refractivity contribution in [3.63, 3.8) is 0 Å². The van der Waals surface area contributed by atoms with Gasteiger partial charge < -0.3 is 5.73 Å². The van der Waals surface area contributed by atoms with Crippen molar-refractivity contribution in [2.75, 3.05) is 0 Å². The van der Waals surface area contributed by atoms with Crippen molar-refractivity contribution in [3.8, 4) is 0 Å². The maximum Gasteiger partial charge on any atom is 0.123 e. The number of hydrogen-bond donors (Lipinski definition) is 1. The van der Waals surface area contributed by atoms with Crippen molar-refractivity contribution in [1.82, 2.24) is 0 Å². The lowest BCUT2D eigenvalue weighted by Gasteiger charge is -2.28. The van der Waals surface area contributed by atoms with Crippen molar-refractivity contribution in [1.29, 1.82) is 0 Å². The second kappa shape index (κ2) is 5.43. The number of rotatable bonds is 3. The minimum Gasteiger partial charge on any atom is -0.327 e. The van der Waals surface area contributed by atoms with E-state index in [0.29, 0.717) is 5.92 Å². The average Bonchev–Trinajstić information content (AvgIpc) is 2.89. The van der Waals surface area contributed by atoms with Gasteiger partial charge in [0.1, 0.15) is 5.82 Å². The molecule has 0 bridgehead atoms. The van der Waals surface area contributed by atoms with Crippen molar-refractivity contribution in [3.05, 3.63) is 57.5 Å². The smallest absolute Gasteiger partial charge is 0.123 e. The van der Waals surface area contributed by atoms with E-state index in [-0.39, 0.29) is 11.9 Å². The molecular weight excluding hydrogens is 257 g/mol. The molecule has 3 heteroatoms. The Bertz CT molecular complexity index is 546. The highest BCUT2D eigenvalue weighted by Crippen LogP contribution is 2.37. The summed E-state index contributed by atoms with van der Waals surface area (Å²) in [5.74, 6) is 0.273. The van der Waals surface area contributed by atoms with Crippen LogP contribution in [-0.4, -0.2) is 6.04 Å². The molecule has 0 radical (unpaired) electrons. The Morgan fingerprint density at radius 1 is 1.26 bits per heavy atom. The lowest BCUT2D eigenvalue weighted by molar-refractivity contribution is 0.463. The second-order valence-electron chi connectivity index (χ2n) is 5.29. The summed E-state index contributed by atoms with van der Waals surface area (Å²) in [6, 6.07) is 9.06. The molecule has 1 aliphatic carbocycles. The standard InChI is InChI=1S/C16H18FNS/c17-12-6-4-11(5-7-12)10-15(18)13-2-1-3-16-14(13)8-9-19-16/h4-9,13,15H,1-3,10,18H2. The largest absolute Gasteiger partial charge is 0.327 e. The highest BCUT2D eigenvalue weighted by molar-refractivity contribution is 7.10. The molecule has 0 fully saturated rings. The van der Waals surface area contributed by atoms with Crippen LogP contribution < -0.4 is 5.73 Å². The van der Waals surface area contributed by atoms with Crippen LogP contribution >= 0.6 is 11.3 Å². The first-order chi connectivity index (χ1) is 9.24. The molecule has 2 N–H and O–H groups in total. The Labute approximate surface area is 117 Å². The van der Waals surface area contributed by atoms with Gasteiger partial charge in [-0.1, -0.05) is 12.1 Å². The quantitative estimate of drug-likeness (QED) is 0.904. The maximum absolute atomic E-state index is 12.9. The maximum atomic E-state index is 12.9. The third-order valence-corrected chi connectivity index (χ3v) is 5.00. The molecular formula is C16H18FNS. The number of hydrogen-bond acceptors (Lipinski definition) is 2. The Kier molecular flexibility index (Phi) is 3.67. The van der Waals surface area contributed by atoms with Crippen molar-refractivity contribution >= 4 is 11.3 Å². The predicted molar refractivity (Wildman–Crippen MR) is 78.1 cm³/mol. The van der Waals surface area contributed by atoms with Crippen LogP contribution in [0.4, 0.5) is 4.39 Å². The van der Waals surface area contributed by atoms with Crippen LogP contribution in [0.5, 0.6) is 0 Å². The van der Waals surface area contributed by atoms with Crippen LogP contribution in [-0.2, 0) is 12.8 Å². The van der Waals surface area contributed by atoms with Crippen LogP contribution in [0.3, 0.4) is 0 Å². The minimum atomic E-state index is -0.185. The third kappa shape index (κ3) is 2.72. The Morgan fingerprint density at radius 3 is 2.84 bits per heavy atom. The molecule has 2 aromatic rings. The van der Waals surface area contributed by atoms with Gasteiger partial charge in [0.15, 0.2) is 0 Å². The van der Waals surface area contributed by atoms with E-state index in [1.165, 1.54) is 41.8 Å². The first-order valence-electron chi connectivity index (χ1n) is 6.80. The summed E-state index contributed by atoms with van der Waals surface area (Å²) in [5.41, 5.74) is 8.97. The molecule has 100 valence electrons. The normalized spacial score (nSPS) is 20.0. The molecule has 19 heavy (non-hydrogen) atoms. The average molecular weight is 275 g/mol. The summed E-state index contributed by atoms with van der Waals surface area (Å²) in [5, 5.41) is 2.17. The van der Waals surface area contributed by atoms with Gasteiger partial charge in [-0.15, -0.1) is 11.3 Å². The third-order valence-electron chi connectivity index (χ3n) is 4.00. The number of nitrogens with two attached hydrogens (primary N) is 1. The highest BCUT2D eigenvalue weighted by Gasteiger charge is 2.26. The van der Waals surface area contributed by atoms with Gasteiger partial charge in [0.25, 0.3) is 0 Å². The fourth-order valence-electron chi connectivity index (χ4n) is 3.00. The Morgan fingerprint density at radius 2 is 2.05 bits per heavy atom. The zero-order chi connectivity index (χ0) is 13.2. The van der Waals surface area contributed by atoms with Crippen LogP contribution in [0, 0.1) is 5.82 Å². The molecule has 3 rings (SSSR count). The van der Waals surface area contributed by atoms with Crippen LogP contribution in [0.25, 0.3) is 0 Å². The molecule has 0 spiro atoms. The first-order valence-corrected chi connectivity index (χ1v) is 7.68. The molecule has 2 atom stereocenters. The summed E-state index contributed by atoms with van der Waals surface area (Å²) in [6.07, 6.45) is 4.42. The summed E-state index contributed by atoms with van der Waals surface area (Å²) >= 11 is 1.85. The fraction of sp³-hybridized carbons (Fsp3) is 0.375. The van der Waals surface area contributed by atoms with E-state index in [1.54, 1.807) is 0 Å². The van der Waals surface area contributed by atoms with Gasteiger partial charge >= 0.3 is 0 Å². The number of fused-ring (bicyclic) bond motifs is 1. The van der Waals surface area contributed by atoms with Gasteiger partial charge in [0.05, 0.1) is 0 Å². The van der Waals surface area contributed by atoms with Crippen molar-refractivity contribution < 1.29 is 4.39 Å². The van der Waals surface area contributed by atoms with Crippen LogP contribution in [0.15, 0.2) is 35.7 Å². The molecule has 0 aliphatic heterocycles. The van der Waals surface area contributed by atoms with E-state index >= 15 is 0 Å². The van der Waals surface area contributed by atoms with Crippen molar-refractivity contribution in [2.45, 2.75) is 37.6 Å². The van der Waals surface area contributed by atoms with Gasteiger partial charge in [-0.3, -0.25) is 0 Å². The summed E-state index contributed by atoms with van der Waals surface area (Å²) < 4.78 is 12.9. The van der Waals surface area contributed by atoms with E-state index in [4.69, 9.17) is 5.73 Å². The van der Waals surface area contributed by atoms with E-state index in [0.717, 1.165) is 12.0 Å². The van der Waals surface area contributed by atoms with Crippen LogP contribution in [0.1, 0.15) is 34.8 Å². The molecule has 0 saturated carbocycles. The minimum absolute atomic E-state index is 0.124. The first kappa shape index (κ1) is 12.8. The molecule has 1 aromatic heterocycles. The molecule has 1 aliphatic rings. The number of benzene rings is 1. The molecule has 0 saturated heterocycles. The topological polar surface area (TPSA) is 26.0 Å². The molecule has 0 amide bonds. The number of halogens is 1. The zero-order valence-corrected chi connectivity index (χ0v) is 11.6. The SMILES string of the molecule is NC(Cc1ccc(F)cc1)C1CCCc2sccc21. The van der Waals surface area contributed by atoms with Crippen molar-refractivity contribution in [2.24, 2.45) is 5.73 Å². The number of aryl methyl sites for hydroxylation is 1. The van der Waals surface area contributed by atoms with Gasteiger partial charge in [0, 0.05) is 16.8 Å². The predicted octanol–water partition coefficient (Wildman–Crippen LogP) is 3.88. The zero-order valence-electron chi connectivity index (χ0n) is 10.8. The molecule has 1 heterocycles. The lowest BCUT2D eigenvalue weighted by atomic mass is 9.81. The molecule has 1 aromatic carbocycles. The van der Waals surface area contributed by atoms with Crippen LogP contribution in [0.2, 0.25) is 0 Å². The molecule has 1 nitrogen and oxygen atoms in total. The summed E-state index contributed by atoms with van der Waals surface area (Å²) in [7, 11) is 0. The van der Waals surface area contributed by atoms with E-state index in [9.17, 15) is 4.39 Å². The van der Waals surface area contributed by atoms with E-state index < -0.39 is 0 Å². The Hall–Kier alpha value is -1.19. The van der Waals surface area contributed by atoms with Gasteiger partial charge in [-0.25, -0.2) is 4.39 Å². The molecule has 2 unspecified atom stereocenters.